The fourth-order valence-electron chi connectivity index (χ4n) is 0.852. The maximum atomic E-state index is 11.2. The Morgan fingerprint density at radius 1 is 1.50 bits per heavy atom. The number of anilines is 1. The van der Waals surface area contributed by atoms with Crippen molar-refractivity contribution < 1.29 is 4.79 Å². The molecular formula is C8H7Br2NO. The molecule has 1 aromatic carbocycles. The minimum absolute atomic E-state index is 0.00574. The number of rotatable bonds is 2. The quantitative estimate of drug-likeness (QED) is 0.517. The fraction of sp³-hybridized carbons (Fsp3) is 0.125. The number of carbonyl (C=O) groups is 1. The summed E-state index contributed by atoms with van der Waals surface area (Å²) in [5.41, 5.74) is 6.73. The van der Waals surface area contributed by atoms with Crippen molar-refractivity contribution >= 4 is 43.3 Å². The normalized spacial score (nSPS) is 9.83. The van der Waals surface area contributed by atoms with Gasteiger partial charge in [0, 0.05) is 10.0 Å². The van der Waals surface area contributed by atoms with E-state index < -0.39 is 0 Å². The number of carbonyl (C=O) groups excluding carboxylic acids is 1. The Labute approximate surface area is 87.4 Å². The standard InChI is InChI=1S/C8H7Br2NO/c9-4-7(12)5-2-1-3-6(10)8(5)11/h1-3H,4,11H2. The highest BCUT2D eigenvalue weighted by Gasteiger charge is 2.09. The van der Waals surface area contributed by atoms with Crippen molar-refractivity contribution in [2.24, 2.45) is 0 Å². The van der Waals surface area contributed by atoms with Gasteiger partial charge in [-0.05, 0) is 28.1 Å². The second-order valence-electron chi connectivity index (χ2n) is 2.26. The maximum Gasteiger partial charge on any atom is 0.175 e. The lowest BCUT2D eigenvalue weighted by atomic mass is 10.1. The summed E-state index contributed by atoms with van der Waals surface area (Å²) < 4.78 is 0.759. The van der Waals surface area contributed by atoms with Gasteiger partial charge >= 0.3 is 0 Å². The molecule has 0 atom stereocenters. The molecule has 1 rings (SSSR count). The van der Waals surface area contributed by atoms with Crippen LogP contribution in [0.3, 0.4) is 0 Å². The van der Waals surface area contributed by atoms with E-state index in [4.69, 9.17) is 5.73 Å². The molecule has 0 aliphatic carbocycles. The van der Waals surface area contributed by atoms with E-state index in [1.807, 2.05) is 0 Å². The molecule has 2 nitrogen and oxygen atoms in total. The monoisotopic (exact) mass is 291 g/mol. The zero-order chi connectivity index (χ0) is 9.14. The number of nitrogen functional groups attached to an aromatic ring is 1. The molecule has 0 aromatic heterocycles. The van der Waals surface area contributed by atoms with Crippen LogP contribution in [-0.4, -0.2) is 11.1 Å². The van der Waals surface area contributed by atoms with E-state index in [-0.39, 0.29) is 5.78 Å². The van der Waals surface area contributed by atoms with Crippen molar-refractivity contribution in [3.8, 4) is 0 Å². The van der Waals surface area contributed by atoms with Crippen LogP contribution in [0.1, 0.15) is 10.4 Å². The van der Waals surface area contributed by atoms with Gasteiger partial charge in [-0.3, -0.25) is 4.79 Å². The van der Waals surface area contributed by atoms with E-state index in [2.05, 4.69) is 31.9 Å². The zero-order valence-corrected chi connectivity index (χ0v) is 9.35. The number of halogens is 2. The molecule has 0 aliphatic rings. The topological polar surface area (TPSA) is 43.1 Å². The third kappa shape index (κ3) is 1.87. The molecule has 2 N–H and O–H groups in total. The van der Waals surface area contributed by atoms with E-state index in [0.29, 0.717) is 16.6 Å². The van der Waals surface area contributed by atoms with E-state index in [9.17, 15) is 4.79 Å². The predicted molar refractivity (Wildman–Crippen MR) is 56.7 cm³/mol. The van der Waals surface area contributed by atoms with Crippen molar-refractivity contribution in [2.45, 2.75) is 0 Å². The minimum Gasteiger partial charge on any atom is -0.397 e. The summed E-state index contributed by atoms with van der Waals surface area (Å²) in [6.07, 6.45) is 0. The smallest absolute Gasteiger partial charge is 0.175 e. The maximum absolute atomic E-state index is 11.2. The minimum atomic E-state index is -0.00574. The van der Waals surface area contributed by atoms with Gasteiger partial charge in [0.25, 0.3) is 0 Å². The summed E-state index contributed by atoms with van der Waals surface area (Å²) in [6.45, 7) is 0. The van der Waals surface area contributed by atoms with Crippen LogP contribution in [0.4, 0.5) is 5.69 Å². The summed E-state index contributed by atoms with van der Waals surface area (Å²) in [5.74, 6) is -0.00574. The molecule has 0 saturated heterocycles. The van der Waals surface area contributed by atoms with Crippen LogP contribution in [0.15, 0.2) is 22.7 Å². The van der Waals surface area contributed by atoms with Gasteiger partial charge in [0.2, 0.25) is 0 Å². The van der Waals surface area contributed by atoms with Crippen LogP contribution >= 0.6 is 31.9 Å². The first-order chi connectivity index (χ1) is 5.66. The van der Waals surface area contributed by atoms with E-state index in [1.54, 1.807) is 18.2 Å². The lowest BCUT2D eigenvalue weighted by Crippen LogP contribution is -2.04. The van der Waals surface area contributed by atoms with Crippen LogP contribution in [-0.2, 0) is 0 Å². The highest BCUT2D eigenvalue weighted by molar-refractivity contribution is 9.10. The van der Waals surface area contributed by atoms with Crippen LogP contribution < -0.4 is 5.73 Å². The number of hydrogen-bond donors (Lipinski definition) is 1. The summed E-state index contributed by atoms with van der Waals surface area (Å²) in [5, 5.41) is 0.299. The molecule has 0 aliphatic heterocycles. The van der Waals surface area contributed by atoms with Crippen molar-refractivity contribution in [1.82, 2.24) is 0 Å². The third-order valence-electron chi connectivity index (χ3n) is 1.47. The first kappa shape index (κ1) is 9.74. The highest BCUT2D eigenvalue weighted by Crippen LogP contribution is 2.23. The highest BCUT2D eigenvalue weighted by atomic mass is 79.9. The average molecular weight is 293 g/mol. The Balaban J connectivity index is 3.16. The number of Topliss-reactive ketones (excluding diaryl/α,β-unsaturated/α-hetero) is 1. The third-order valence-corrected chi connectivity index (χ3v) is 2.68. The Morgan fingerprint density at radius 3 is 2.75 bits per heavy atom. The number of nitrogens with two attached hydrogens (primary N) is 1. The number of hydrogen-bond acceptors (Lipinski definition) is 2. The molecule has 0 amide bonds. The van der Waals surface area contributed by atoms with Gasteiger partial charge in [0.05, 0.1) is 11.0 Å². The van der Waals surface area contributed by atoms with E-state index in [1.165, 1.54) is 0 Å². The zero-order valence-electron chi connectivity index (χ0n) is 6.18. The Bertz CT molecular complexity index is 312. The van der Waals surface area contributed by atoms with Crippen LogP contribution in [0.25, 0.3) is 0 Å². The van der Waals surface area contributed by atoms with Crippen molar-refractivity contribution in [2.75, 3.05) is 11.1 Å². The molecule has 0 spiro atoms. The average Bonchev–Trinajstić information content (AvgIpc) is 2.08. The molecule has 0 saturated carbocycles. The number of ketones is 1. The largest absolute Gasteiger partial charge is 0.397 e. The number of benzene rings is 1. The van der Waals surface area contributed by atoms with Gasteiger partial charge in [-0.25, -0.2) is 0 Å². The summed E-state index contributed by atoms with van der Waals surface area (Å²) >= 11 is 6.34. The fourth-order valence-corrected chi connectivity index (χ4v) is 1.52. The molecule has 0 bridgehead atoms. The second kappa shape index (κ2) is 4.05. The molecular weight excluding hydrogens is 286 g/mol. The molecule has 64 valence electrons. The molecule has 12 heavy (non-hydrogen) atoms. The molecule has 0 radical (unpaired) electrons. The van der Waals surface area contributed by atoms with Gasteiger partial charge in [0.1, 0.15) is 0 Å². The molecule has 4 heteroatoms. The summed E-state index contributed by atoms with van der Waals surface area (Å²) in [4.78, 5) is 11.2. The van der Waals surface area contributed by atoms with Gasteiger partial charge in [-0.15, -0.1) is 0 Å². The van der Waals surface area contributed by atoms with Crippen molar-refractivity contribution in [1.29, 1.82) is 0 Å². The van der Waals surface area contributed by atoms with Crippen molar-refractivity contribution in [3.63, 3.8) is 0 Å². The molecule has 0 unspecified atom stereocenters. The molecule has 0 fully saturated rings. The Hall–Kier alpha value is -0.350. The lowest BCUT2D eigenvalue weighted by Gasteiger charge is -2.03. The first-order valence-electron chi connectivity index (χ1n) is 3.30. The molecule has 1 aromatic rings. The number of alkyl halides is 1. The van der Waals surface area contributed by atoms with Gasteiger partial charge in [-0.1, -0.05) is 22.0 Å². The van der Waals surface area contributed by atoms with Crippen LogP contribution in [0.2, 0.25) is 0 Å². The van der Waals surface area contributed by atoms with E-state index >= 15 is 0 Å². The summed E-state index contributed by atoms with van der Waals surface area (Å²) in [6, 6.07) is 5.31. The summed E-state index contributed by atoms with van der Waals surface area (Å²) in [7, 11) is 0. The van der Waals surface area contributed by atoms with Crippen LogP contribution in [0.5, 0.6) is 0 Å². The number of para-hydroxylation sites is 1. The van der Waals surface area contributed by atoms with Crippen LogP contribution in [0, 0.1) is 0 Å². The predicted octanol–water partition coefficient (Wildman–Crippen LogP) is 2.61. The molecule has 0 heterocycles. The first-order valence-corrected chi connectivity index (χ1v) is 5.21. The second-order valence-corrected chi connectivity index (χ2v) is 3.67. The van der Waals surface area contributed by atoms with Crippen molar-refractivity contribution in [3.05, 3.63) is 28.2 Å². The van der Waals surface area contributed by atoms with E-state index in [0.717, 1.165) is 4.47 Å². The van der Waals surface area contributed by atoms with Gasteiger partial charge in [0.15, 0.2) is 5.78 Å². The van der Waals surface area contributed by atoms with Gasteiger partial charge < -0.3 is 5.73 Å². The van der Waals surface area contributed by atoms with Gasteiger partial charge in [-0.2, -0.15) is 0 Å². The SMILES string of the molecule is Nc1c(Br)cccc1C(=O)CBr. The Morgan fingerprint density at radius 2 is 2.17 bits per heavy atom. The lowest BCUT2D eigenvalue weighted by molar-refractivity contribution is 0.102. The Kier molecular flexibility index (Phi) is 3.29.